The first-order chi connectivity index (χ1) is 10.2. The summed E-state index contributed by atoms with van der Waals surface area (Å²) in [6.45, 7) is 12.5. The van der Waals surface area contributed by atoms with Gasteiger partial charge in [-0.25, -0.2) is 0 Å². The standard InChI is InChI=1S/C16H33N5/c1-18-8-10-19(11-9-18)12-13-20-5-4-16(14-20)21-6-2-15(17)3-7-21/h15-16H,2-14,17H2,1H3. The van der Waals surface area contributed by atoms with Crippen LogP contribution in [0.1, 0.15) is 19.3 Å². The zero-order valence-corrected chi connectivity index (χ0v) is 13.7. The minimum atomic E-state index is 0.455. The second-order valence-electron chi connectivity index (χ2n) is 7.26. The molecule has 5 nitrogen and oxygen atoms in total. The van der Waals surface area contributed by atoms with Crippen LogP contribution in [0.4, 0.5) is 0 Å². The van der Waals surface area contributed by atoms with Crippen LogP contribution in [0.5, 0.6) is 0 Å². The summed E-state index contributed by atoms with van der Waals surface area (Å²) < 4.78 is 0. The monoisotopic (exact) mass is 295 g/mol. The lowest BCUT2D eigenvalue weighted by Crippen LogP contribution is -2.48. The third kappa shape index (κ3) is 4.39. The van der Waals surface area contributed by atoms with Gasteiger partial charge >= 0.3 is 0 Å². The molecule has 3 aliphatic heterocycles. The third-order valence-corrected chi connectivity index (χ3v) is 5.67. The van der Waals surface area contributed by atoms with E-state index in [0.29, 0.717) is 6.04 Å². The SMILES string of the molecule is CN1CCN(CCN2CCC(N3CCC(N)CC3)C2)CC1. The van der Waals surface area contributed by atoms with Crippen molar-refractivity contribution in [2.75, 3.05) is 72.5 Å². The molecule has 21 heavy (non-hydrogen) atoms. The molecule has 3 saturated heterocycles. The van der Waals surface area contributed by atoms with E-state index in [1.807, 2.05) is 0 Å². The second-order valence-corrected chi connectivity index (χ2v) is 7.26. The van der Waals surface area contributed by atoms with Gasteiger partial charge < -0.3 is 15.5 Å². The van der Waals surface area contributed by atoms with Gasteiger partial charge in [-0.05, 0) is 45.9 Å². The van der Waals surface area contributed by atoms with Crippen LogP contribution < -0.4 is 5.73 Å². The van der Waals surface area contributed by atoms with Crippen molar-refractivity contribution < 1.29 is 0 Å². The van der Waals surface area contributed by atoms with E-state index in [1.54, 1.807) is 0 Å². The number of likely N-dealkylation sites (tertiary alicyclic amines) is 2. The van der Waals surface area contributed by atoms with E-state index < -0.39 is 0 Å². The van der Waals surface area contributed by atoms with E-state index in [0.717, 1.165) is 6.04 Å². The van der Waals surface area contributed by atoms with E-state index in [4.69, 9.17) is 5.73 Å². The van der Waals surface area contributed by atoms with Crippen molar-refractivity contribution in [3.63, 3.8) is 0 Å². The molecule has 0 saturated carbocycles. The lowest BCUT2D eigenvalue weighted by atomic mass is 10.0. The Labute approximate surface area is 130 Å². The smallest absolute Gasteiger partial charge is 0.0235 e. The number of nitrogens with two attached hydrogens (primary N) is 1. The maximum atomic E-state index is 6.02. The van der Waals surface area contributed by atoms with E-state index in [1.165, 1.54) is 84.7 Å². The highest BCUT2D eigenvalue weighted by molar-refractivity contribution is 4.87. The van der Waals surface area contributed by atoms with Crippen molar-refractivity contribution in [3.05, 3.63) is 0 Å². The summed E-state index contributed by atoms with van der Waals surface area (Å²) in [5.74, 6) is 0. The fourth-order valence-electron chi connectivity index (χ4n) is 3.95. The number of rotatable bonds is 4. The summed E-state index contributed by atoms with van der Waals surface area (Å²) in [7, 11) is 2.23. The average molecular weight is 295 g/mol. The van der Waals surface area contributed by atoms with Crippen molar-refractivity contribution in [1.82, 2.24) is 19.6 Å². The number of piperidine rings is 1. The molecule has 1 unspecified atom stereocenters. The molecule has 3 rings (SSSR count). The lowest BCUT2D eigenvalue weighted by molar-refractivity contribution is 0.131. The predicted octanol–water partition coefficient (Wildman–Crippen LogP) is -0.269. The Morgan fingerprint density at radius 3 is 2.19 bits per heavy atom. The minimum absolute atomic E-state index is 0.455. The first-order valence-corrected chi connectivity index (χ1v) is 8.83. The van der Waals surface area contributed by atoms with E-state index in [2.05, 4.69) is 26.6 Å². The predicted molar refractivity (Wildman–Crippen MR) is 87.6 cm³/mol. The summed E-state index contributed by atoms with van der Waals surface area (Å²) in [6.07, 6.45) is 3.74. The van der Waals surface area contributed by atoms with Gasteiger partial charge in [0.25, 0.3) is 0 Å². The molecular formula is C16H33N5. The second kappa shape index (κ2) is 7.38. The quantitative estimate of drug-likeness (QED) is 0.773. The highest BCUT2D eigenvalue weighted by atomic mass is 15.3. The van der Waals surface area contributed by atoms with Crippen LogP contribution in [0.3, 0.4) is 0 Å². The van der Waals surface area contributed by atoms with Gasteiger partial charge in [0.2, 0.25) is 0 Å². The number of nitrogens with zero attached hydrogens (tertiary/aromatic N) is 4. The van der Waals surface area contributed by atoms with E-state index in [9.17, 15) is 0 Å². The molecule has 3 fully saturated rings. The Kier molecular flexibility index (Phi) is 5.51. The number of hydrogen-bond donors (Lipinski definition) is 1. The maximum Gasteiger partial charge on any atom is 0.0235 e. The Bertz CT molecular complexity index is 308. The van der Waals surface area contributed by atoms with Crippen molar-refractivity contribution in [3.8, 4) is 0 Å². The third-order valence-electron chi connectivity index (χ3n) is 5.67. The van der Waals surface area contributed by atoms with Gasteiger partial charge in [-0.1, -0.05) is 0 Å². The minimum Gasteiger partial charge on any atom is -0.328 e. The van der Waals surface area contributed by atoms with Crippen LogP contribution in [0, 0.1) is 0 Å². The van der Waals surface area contributed by atoms with Gasteiger partial charge in [0.1, 0.15) is 0 Å². The molecule has 0 radical (unpaired) electrons. The summed E-state index contributed by atoms with van der Waals surface area (Å²) in [5.41, 5.74) is 6.02. The molecule has 0 bridgehead atoms. The van der Waals surface area contributed by atoms with E-state index in [-0.39, 0.29) is 0 Å². The molecule has 0 aromatic heterocycles. The number of piperazine rings is 1. The zero-order valence-electron chi connectivity index (χ0n) is 13.7. The molecule has 0 aliphatic carbocycles. The van der Waals surface area contributed by atoms with Gasteiger partial charge in [0.05, 0.1) is 0 Å². The molecule has 0 aromatic carbocycles. The topological polar surface area (TPSA) is 39.0 Å². The Balaban J connectivity index is 1.35. The number of likely N-dealkylation sites (N-methyl/N-ethyl adjacent to an activating group) is 1. The lowest BCUT2D eigenvalue weighted by Gasteiger charge is -2.35. The summed E-state index contributed by atoms with van der Waals surface area (Å²) in [4.78, 5) is 10.4. The highest BCUT2D eigenvalue weighted by Crippen LogP contribution is 2.19. The van der Waals surface area contributed by atoms with Crippen molar-refractivity contribution >= 4 is 0 Å². The van der Waals surface area contributed by atoms with Gasteiger partial charge in [-0.15, -0.1) is 0 Å². The Hall–Kier alpha value is -0.200. The first-order valence-electron chi connectivity index (χ1n) is 8.83. The molecule has 3 heterocycles. The fourth-order valence-corrected chi connectivity index (χ4v) is 3.95. The van der Waals surface area contributed by atoms with Gasteiger partial charge in [-0.2, -0.15) is 0 Å². The molecule has 3 aliphatic rings. The van der Waals surface area contributed by atoms with Crippen LogP contribution in [0.15, 0.2) is 0 Å². The summed E-state index contributed by atoms with van der Waals surface area (Å²) in [6, 6.07) is 1.25. The van der Waals surface area contributed by atoms with Crippen molar-refractivity contribution in [1.29, 1.82) is 0 Å². The molecule has 122 valence electrons. The van der Waals surface area contributed by atoms with Crippen LogP contribution in [-0.4, -0.2) is 104 Å². The largest absolute Gasteiger partial charge is 0.328 e. The van der Waals surface area contributed by atoms with Crippen LogP contribution in [-0.2, 0) is 0 Å². The van der Waals surface area contributed by atoms with Crippen LogP contribution >= 0.6 is 0 Å². The molecule has 1 atom stereocenters. The average Bonchev–Trinajstić information content (AvgIpc) is 2.96. The van der Waals surface area contributed by atoms with E-state index >= 15 is 0 Å². The first kappa shape index (κ1) is 15.7. The Morgan fingerprint density at radius 2 is 1.48 bits per heavy atom. The molecule has 5 heteroatoms. The van der Waals surface area contributed by atoms with Crippen LogP contribution in [0.25, 0.3) is 0 Å². The molecule has 2 N–H and O–H groups in total. The number of hydrogen-bond acceptors (Lipinski definition) is 5. The maximum absolute atomic E-state index is 6.02. The summed E-state index contributed by atoms with van der Waals surface area (Å²) >= 11 is 0. The van der Waals surface area contributed by atoms with Crippen LogP contribution in [0.2, 0.25) is 0 Å². The van der Waals surface area contributed by atoms with Gasteiger partial charge in [0, 0.05) is 57.9 Å². The Morgan fingerprint density at radius 1 is 0.810 bits per heavy atom. The zero-order chi connectivity index (χ0) is 14.7. The summed E-state index contributed by atoms with van der Waals surface area (Å²) in [5, 5.41) is 0. The fraction of sp³-hybridized carbons (Fsp3) is 1.00. The molecule has 0 spiro atoms. The van der Waals surface area contributed by atoms with Crippen molar-refractivity contribution in [2.24, 2.45) is 5.73 Å². The molecular weight excluding hydrogens is 262 g/mol. The highest BCUT2D eigenvalue weighted by Gasteiger charge is 2.29. The normalized spacial score (nSPS) is 32.0. The van der Waals surface area contributed by atoms with Gasteiger partial charge in [-0.3, -0.25) is 9.80 Å². The van der Waals surface area contributed by atoms with Gasteiger partial charge in [0.15, 0.2) is 0 Å². The molecule has 0 aromatic rings. The molecule has 0 amide bonds. The van der Waals surface area contributed by atoms with Crippen molar-refractivity contribution in [2.45, 2.75) is 31.3 Å².